The van der Waals surface area contributed by atoms with E-state index in [1.807, 2.05) is 0 Å². The summed E-state index contributed by atoms with van der Waals surface area (Å²) in [5.41, 5.74) is 0.231. The lowest BCUT2D eigenvalue weighted by Crippen LogP contribution is -2.22. The van der Waals surface area contributed by atoms with Crippen molar-refractivity contribution in [1.82, 2.24) is 15.0 Å². The number of aromatic nitrogens is 3. The van der Waals surface area contributed by atoms with E-state index in [1.54, 1.807) is 0 Å². The van der Waals surface area contributed by atoms with E-state index in [9.17, 15) is 18.3 Å². The molecule has 1 saturated heterocycles. The second-order valence-electron chi connectivity index (χ2n) is 3.97. The molecule has 0 bridgehead atoms. The van der Waals surface area contributed by atoms with Gasteiger partial charge in [0.1, 0.15) is 0 Å². The summed E-state index contributed by atoms with van der Waals surface area (Å²) >= 11 is 0. The fraction of sp³-hybridized carbons (Fsp3) is 0.625. The van der Waals surface area contributed by atoms with Gasteiger partial charge in [-0.05, 0) is 0 Å². The van der Waals surface area contributed by atoms with Crippen molar-refractivity contribution in [2.24, 2.45) is 0 Å². The van der Waals surface area contributed by atoms with Crippen molar-refractivity contribution in [2.45, 2.75) is 18.6 Å². The van der Waals surface area contributed by atoms with Gasteiger partial charge in [0.15, 0.2) is 9.84 Å². The molecule has 1 aliphatic heterocycles. The highest BCUT2D eigenvalue weighted by Gasteiger charge is 2.38. The molecule has 1 aliphatic rings. The molecule has 1 aromatic heterocycles. The van der Waals surface area contributed by atoms with Crippen molar-refractivity contribution >= 4 is 15.8 Å². The highest BCUT2D eigenvalue weighted by molar-refractivity contribution is 7.91. The van der Waals surface area contributed by atoms with E-state index in [-0.39, 0.29) is 23.6 Å². The molecule has 0 spiro atoms. The van der Waals surface area contributed by atoms with Gasteiger partial charge in [0, 0.05) is 6.20 Å². The number of aliphatic carboxylic acids is 1. The first-order valence-corrected chi connectivity index (χ1v) is 6.70. The van der Waals surface area contributed by atoms with Crippen LogP contribution in [0.4, 0.5) is 0 Å². The number of hydrogen-bond donors (Lipinski definition) is 2. The molecule has 2 atom stereocenters. The summed E-state index contributed by atoms with van der Waals surface area (Å²) in [5.74, 6) is -1.55. The Morgan fingerprint density at radius 3 is 2.76 bits per heavy atom. The zero-order valence-electron chi connectivity index (χ0n) is 8.72. The summed E-state index contributed by atoms with van der Waals surface area (Å²) in [6.07, 6.45) is 0.0395. The molecular weight excluding hydrogens is 250 g/mol. The SMILES string of the molecule is O=C(O)Cc1cn(C2CS(=O)(=O)CC2O)nn1. The molecule has 8 nitrogen and oxygen atoms in total. The fourth-order valence-corrected chi connectivity index (χ4v) is 3.55. The van der Waals surface area contributed by atoms with E-state index in [2.05, 4.69) is 10.3 Å². The molecule has 2 N–H and O–H groups in total. The van der Waals surface area contributed by atoms with E-state index in [4.69, 9.17) is 5.11 Å². The third-order valence-corrected chi connectivity index (χ3v) is 4.22. The standard InChI is InChI=1S/C8H11N3O5S/c12-7-4-17(15,16)3-6(7)11-2-5(9-10-11)1-8(13)14/h2,6-7,12H,1,3-4H2,(H,13,14). The zero-order valence-corrected chi connectivity index (χ0v) is 9.54. The highest BCUT2D eigenvalue weighted by atomic mass is 32.2. The Bertz CT molecular complexity index is 537. The van der Waals surface area contributed by atoms with Crippen LogP contribution in [0.15, 0.2) is 6.20 Å². The largest absolute Gasteiger partial charge is 0.481 e. The van der Waals surface area contributed by atoms with Crippen LogP contribution < -0.4 is 0 Å². The first-order valence-electron chi connectivity index (χ1n) is 4.88. The topological polar surface area (TPSA) is 122 Å². The van der Waals surface area contributed by atoms with Crippen molar-refractivity contribution in [1.29, 1.82) is 0 Å². The van der Waals surface area contributed by atoms with E-state index in [1.165, 1.54) is 10.9 Å². The average molecular weight is 261 g/mol. The second kappa shape index (κ2) is 4.08. The van der Waals surface area contributed by atoms with Crippen molar-refractivity contribution in [3.63, 3.8) is 0 Å². The minimum absolute atomic E-state index is 0.204. The Balaban J connectivity index is 2.18. The van der Waals surface area contributed by atoms with Gasteiger partial charge in [-0.25, -0.2) is 13.1 Å². The zero-order chi connectivity index (χ0) is 12.6. The Labute approximate surface area is 96.8 Å². The van der Waals surface area contributed by atoms with E-state index in [0.717, 1.165) is 0 Å². The fourth-order valence-electron chi connectivity index (χ4n) is 1.77. The van der Waals surface area contributed by atoms with Gasteiger partial charge >= 0.3 is 5.97 Å². The van der Waals surface area contributed by atoms with Gasteiger partial charge in [-0.1, -0.05) is 5.21 Å². The summed E-state index contributed by atoms with van der Waals surface area (Å²) in [6.45, 7) is 0. The van der Waals surface area contributed by atoms with Crippen LogP contribution in [0, 0.1) is 0 Å². The van der Waals surface area contributed by atoms with Crippen LogP contribution in [0.25, 0.3) is 0 Å². The minimum atomic E-state index is -3.26. The lowest BCUT2D eigenvalue weighted by molar-refractivity contribution is -0.136. The number of carboxylic acid groups (broad SMARTS) is 1. The summed E-state index contributed by atoms with van der Waals surface area (Å²) in [4.78, 5) is 10.4. The highest BCUT2D eigenvalue weighted by Crippen LogP contribution is 2.23. The number of carboxylic acids is 1. The van der Waals surface area contributed by atoms with Gasteiger partial charge in [0.2, 0.25) is 0 Å². The molecule has 0 radical (unpaired) electrons. The third kappa shape index (κ3) is 2.61. The Morgan fingerprint density at radius 2 is 2.24 bits per heavy atom. The first kappa shape index (κ1) is 12.0. The van der Waals surface area contributed by atoms with Gasteiger partial charge in [-0.2, -0.15) is 0 Å². The predicted molar refractivity (Wildman–Crippen MR) is 55.1 cm³/mol. The molecule has 1 fully saturated rings. The van der Waals surface area contributed by atoms with Crippen LogP contribution in [0.3, 0.4) is 0 Å². The van der Waals surface area contributed by atoms with Crippen molar-refractivity contribution in [2.75, 3.05) is 11.5 Å². The number of hydrogen-bond acceptors (Lipinski definition) is 6. The van der Waals surface area contributed by atoms with Crippen molar-refractivity contribution < 1.29 is 23.4 Å². The number of carbonyl (C=O) groups is 1. The summed E-state index contributed by atoms with van der Waals surface area (Å²) in [5, 5.41) is 25.4. The van der Waals surface area contributed by atoms with Crippen LogP contribution in [-0.4, -0.2) is 57.2 Å². The van der Waals surface area contributed by atoms with Crippen LogP contribution in [0.1, 0.15) is 11.7 Å². The van der Waals surface area contributed by atoms with Crippen molar-refractivity contribution in [3.8, 4) is 0 Å². The smallest absolute Gasteiger partial charge is 0.309 e. The van der Waals surface area contributed by atoms with Gasteiger partial charge in [-0.15, -0.1) is 5.10 Å². The number of aliphatic hydroxyl groups is 1. The molecule has 0 saturated carbocycles. The molecular formula is C8H11N3O5S. The average Bonchev–Trinajstić information content (AvgIpc) is 2.69. The lowest BCUT2D eigenvalue weighted by Gasteiger charge is -2.11. The van der Waals surface area contributed by atoms with Gasteiger partial charge in [0.05, 0.1) is 35.8 Å². The molecule has 17 heavy (non-hydrogen) atoms. The van der Waals surface area contributed by atoms with Gasteiger partial charge < -0.3 is 10.2 Å². The second-order valence-corrected chi connectivity index (χ2v) is 6.13. The Kier molecular flexibility index (Phi) is 2.87. The molecule has 1 aromatic rings. The number of nitrogens with zero attached hydrogens (tertiary/aromatic N) is 3. The minimum Gasteiger partial charge on any atom is -0.481 e. The maximum absolute atomic E-state index is 11.3. The van der Waals surface area contributed by atoms with Gasteiger partial charge in [0.25, 0.3) is 0 Å². The van der Waals surface area contributed by atoms with E-state index >= 15 is 0 Å². The predicted octanol–water partition coefficient (Wildman–Crippen LogP) is -1.76. The molecule has 2 unspecified atom stereocenters. The molecule has 94 valence electrons. The summed E-state index contributed by atoms with van der Waals surface area (Å²) in [6, 6.07) is -0.685. The summed E-state index contributed by atoms with van der Waals surface area (Å²) in [7, 11) is -3.26. The maximum atomic E-state index is 11.3. The van der Waals surface area contributed by atoms with E-state index < -0.39 is 28.0 Å². The number of sulfone groups is 1. The molecule has 0 amide bonds. The number of aliphatic hydroxyl groups excluding tert-OH is 1. The first-order chi connectivity index (χ1) is 7.87. The number of rotatable bonds is 3. The quantitative estimate of drug-likeness (QED) is 0.660. The molecule has 0 aliphatic carbocycles. The normalized spacial score (nSPS) is 27.1. The molecule has 2 heterocycles. The molecule has 9 heteroatoms. The Hall–Kier alpha value is -1.48. The monoisotopic (exact) mass is 261 g/mol. The van der Waals surface area contributed by atoms with Crippen LogP contribution in [0.5, 0.6) is 0 Å². The van der Waals surface area contributed by atoms with Crippen LogP contribution in [0.2, 0.25) is 0 Å². The molecule has 2 rings (SSSR count). The van der Waals surface area contributed by atoms with Crippen LogP contribution in [-0.2, 0) is 21.1 Å². The van der Waals surface area contributed by atoms with Gasteiger partial charge in [-0.3, -0.25) is 4.79 Å². The maximum Gasteiger partial charge on any atom is 0.309 e. The summed E-state index contributed by atoms with van der Waals surface area (Å²) < 4.78 is 23.8. The molecule has 0 aromatic carbocycles. The van der Waals surface area contributed by atoms with E-state index in [0.29, 0.717) is 0 Å². The van der Waals surface area contributed by atoms with Crippen LogP contribution >= 0.6 is 0 Å². The third-order valence-electron chi connectivity index (χ3n) is 2.52. The van der Waals surface area contributed by atoms with Crippen molar-refractivity contribution in [3.05, 3.63) is 11.9 Å². The lowest BCUT2D eigenvalue weighted by atomic mass is 10.2. The Morgan fingerprint density at radius 1 is 1.53 bits per heavy atom.